The summed E-state index contributed by atoms with van der Waals surface area (Å²) in [4.78, 5) is 4.37. The summed E-state index contributed by atoms with van der Waals surface area (Å²) in [5, 5.41) is 3.70. The molecule has 106 valence electrons. The molecule has 19 heavy (non-hydrogen) atoms. The molecular weight excluding hydrogens is 238 g/mol. The van der Waals surface area contributed by atoms with E-state index in [1.807, 2.05) is 12.5 Å². The Morgan fingerprint density at radius 1 is 1.37 bits per heavy atom. The first-order valence-corrected chi connectivity index (χ1v) is 7.61. The predicted molar refractivity (Wildman–Crippen MR) is 74.9 cm³/mol. The number of nitrogens with one attached hydrogen (secondary N) is 1. The van der Waals surface area contributed by atoms with Gasteiger partial charge in [-0.3, -0.25) is 0 Å². The standard InChI is InChI=1S/C15H25N3O/c1-11-4-3-5-14(17-11)15-8-16-10-18(15)9-13-6-7-19-12(13)2/h8,10-14,17H,3-7,9H2,1-2H3. The summed E-state index contributed by atoms with van der Waals surface area (Å²) in [6.07, 6.45) is 9.41. The zero-order chi connectivity index (χ0) is 13.2. The molecule has 0 bridgehead atoms. The third kappa shape index (κ3) is 2.84. The maximum atomic E-state index is 5.67. The number of hydrogen-bond donors (Lipinski definition) is 1. The van der Waals surface area contributed by atoms with E-state index in [9.17, 15) is 0 Å². The lowest BCUT2D eigenvalue weighted by molar-refractivity contribution is 0.101. The molecule has 2 fully saturated rings. The van der Waals surface area contributed by atoms with Crippen LogP contribution >= 0.6 is 0 Å². The quantitative estimate of drug-likeness (QED) is 0.910. The molecule has 0 aromatic carbocycles. The predicted octanol–water partition coefficient (Wildman–Crippen LogP) is 2.51. The van der Waals surface area contributed by atoms with Crippen molar-refractivity contribution in [2.45, 2.75) is 64.3 Å². The summed E-state index contributed by atoms with van der Waals surface area (Å²) in [6, 6.07) is 1.10. The van der Waals surface area contributed by atoms with Crippen molar-refractivity contribution in [2.24, 2.45) is 5.92 Å². The normalized spacial score (nSPS) is 35.7. The summed E-state index contributed by atoms with van der Waals surface area (Å²) in [7, 11) is 0. The molecule has 3 heterocycles. The molecule has 0 aliphatic carbocycles. The van der Waals surface area contributed by atoms with Crippen molar-refractivity contribution in [1.82, 2.24) is 14.9 Å². The molecular formula is C15H25N3O. The van der Waals surface area contributed by atoms with Crippen molar-refractivity contribution >= 4 is 0 Å². The van der Waals surface area contributed by atoms with Crippen molar-refractivity contribution in [3.63, 3.8) is 0 Å². The number of aromatic nitrogens is 2. The molecule has 0 radical (unpaired) electrons. The Labute approximate surface area is 115 Å². The fourth-order valence-electron chi connectivity index (χ4n) is 3.41. The van der Waals surface area contributed by atoms with Crippen LogP contribution in [-0.2, 0) is 11.3 Å². The molecule has 1 aromatic rings. The largest absolute Gasteiger partial charge is 0.378 e. The number of imidazole rings is 1. The highest BCUT2D eigenvalue weighted by Gasteiger charge is 2.27. The molecule has 2 aliphatic heterocycles. The van der Waals surface area contributed by atoms with Crippen LogP contribution in [0.3, 0.4) is 0 Å². The van der Waals surface area contributed by atoms with E-state index in [1.54, 1.807) is 0 Å². The summed E-state index contributed by atoms with van der Waals surface area (Å²) < 4.78 is 8.01. The molecule has 0 spiro atoms. The Morgan fingerprint density at radius 3 is 3.00 bits per heavy atom. The van der Waals surface area contributed by atoms with E-state index >= 15 is 0 Å². The maximum Gasteiger partial charge on any atom is 0.0948 e. The highest BCUT2D eigenvalue weighted by Crippen LogP contribution is 2.28. The second kappa shape index (κ2) is 5.63. The molecule has 0 saturated carbocycles. The minimum atomic E-state index is 0.383. The second-order valence-corrected chi connectivity index (χ2v) is 6.15. The summed E-state index contributed by atoms with van der Waals surface area (Å²) in [5.74, 6) is 0.633. The average Bonchev–Trinajstić information content (AvgIpc) is 3.00. The molecule has 4 nitrogen and oxygen atoms in total. The summed E-state index contributed by atoms with van der Waals surface area (Å²) in [6.45, 7) is 6.42. The first kappa shape index (κ1) is 13.1. The van der Waals surface area contributed by atoms with Gasteiger partial charge in [0.2, 0.25) is 0 Å². The van der Waals surface area contributed by atoms with Gasteiger partial charge in [-0.15, -0.1) is 0 Å². The van der Waals surface area contributed by atoms with Gasteiger partial charge in [0.05, 0.1) is 18.1 Å². The molecule has 4 atom stereocenters. The van der Waals surface area contributed by atoms with Crippen LogP contribution in [0.1, 0.15) is 51.3 Å². The smallest absolute Gasteiger partial charge is 0.0948 e. The molecule has 0 amide bonds. The second-order valence-electron chi connectivity index (χ2n) is 6.15. The third-order valence-electron chi connectivity index (χ3n) is 4.68. The Kier molecular flexibility index (Phi) is 3.89. The minimum absolute atomic E-state index is 0.383. The molecule has 2 saturated heterocycles. The Hall–Kier alpha value is -0.870. The van der Waals surface area contributed by atoms with Crippen LogP contribution in [0.5, 0.6) is 0 Å². The number of ether oxygens (including phenoxy) is 1. The van der Waals surface area contributed by atoms with Gasteiger partial charge in [-0.2, -0.15) is 0 Å². The lowest BCUT2D eigenvalue weighted by atomic mass is 9.97. The number of nitrogens with zero attached hydrogens (tertiary/aromatic N) is 2. The van der Waals surface area contributed by atoms with Gasteiger partial charge in [0.15, 0.2) is 0 Å². The zero-order valence-electron chi connectivity index (χ0n) is 12.0. The molecule has 3 rings (SSSR count). The van der Waals surface area contributed by atoms with Gasteiger partial charge in [0, 0.05) is 37.4 Å². The van der Waals surface area contributed by atoms with E-state index in [4.69, 9.17) is 4.74 Å². The Bertz CT molecular complexity index is 417. The van der Waals surface area contributed by atoms with Gasteiger partial charge in [-0.05, 0) is 39.5 Å². The lowest BCUT2D eigenvalue weighted by Crippen LogP contribution is -2.36. The van der Waals surface area contributed by atoms with Crippen LogP contribution in [0.4, 0.5) is 0 Å². The van der Waals surface area contributed by atoms with Crippen molar-refractivity contribution in [2.75, 3.05) is 6.61 Å². The third-order valence-corrected chi connectivity index (χ3v) is 4.68. The molecule has 2 aliphatic rings. The van der Waals surface area contributed by atoms with Crippen LogP contribution in [0.25, 0.3) is 0 Å². The number of hydrogen-bond acceptors (Lipinski definition) is 3. The maximum absolute atomic E-state index is 5.67. The summed E-state index contributed by atoms with van der Waals surface area (Å²) >= 11 is 0. The first-order chi connectivity index (χ1) is 9.24. The first-order valence-electron chi connectivity index (χ1n) is 7.61. The minimum Gasteiger partial charge on any atom is -0.378 e. The van der Waals surface area contributed by atoms with E-state index in [0.29, 0.717) is 24.1 Å². The number of rotatable bonds is 3. The van der Waals surface area contributed by atoms with Crippen molar-refractivity contribution in [1.29, 1.82) is 0 Å². The fourth-order valence-corrected chi connectivity index (χ4v) is 3.41. The van der Waals surface area contributed by atoms with Crippen LogP contribution in [-0.4, -0.2) is 28.3 Å². The molecule has 1 aromatic heterocycles. The van der Waals surface area contributed by atoms with Crippen molar-refractivity contribution in [3.8, 4) is 0 Å². The van der Waals surface area contributed by atoms with Gasteiger partial charge >= 0.3 is 0 Å². The van der Waals surface area contributed by atoms with Crippen molar-refractivity contribution < 1.29 is 4.74 Å². The summed E-state index contributed by atoms with van der Waals surface area (Å²) in [5.41, 5.74) is 1.35. The van der Waals surface area contributed by atoms with Gasteiger partial charge in [-0.25, -0.2) is 4.98 Å². The van der Waals surface area contributed by atoms with Gasteiger partial charge in [0.25, 0.3) is 0 Å². The van der Waals surface area contributed by atoms with Crippen LogP contribution < -0.4 is 5.32 Å². The van der Waals surface area contributed by atoms with Crippen LogP contribution in [0, 0.1) is 5.92 Å². The fraction of sp³-hybridized carbons (Fsp3) is 0.800. The van der Waals surface area contributed by atoms with E-state index in [0.717, 1.165) is 13.2 Å². The highest BCUT2D eigenvalue weighted by molar-refractivity contribution is 5.07. The Morgan fingerprint density at radius 2 is 2.26 bits per heavy atom. The van der Waals surface area contributed by atoms with E-state index in [2.05, 4.69) is 28.7 Å². The Balaban J connectivity index is 1.71. The monoisotopic (exact) mass is 263 g/mol. The number of piperidine rings is 1. The lowest BCUT2D eigenvalue weighted by Gasteiger charge is -2.30. The van der Waals surface area contributed by atoms with E-state index in [-0.39, 0.29) is 0 Å². The molecule has 4 heteroatoms. The van der Waals surface area contributed by atoms with Gasteiger partial charge in [-0.1, -0.05) is 0 Å². The average molecular weight is 263 g/mol. The molecule has 1 N–H and O–H groups in total. The van der Waals surface area contributed by atoms with Gasteiger partial charge in [0.1, 0.15) is 0 Å². The van der Waals surface area contributed by atoms with Gasteiger partial charge < -0.3 is 14.6 Å². The van der Waals surface area contributed by atoms with Crippen LogP contribution in [0.15, 0.2) is 12.5 Å². The topological polar surface area (TPSA) is 39.1 Å². The van der Waals surface area contributed by atoms with Crippen molar-refractivity contribution in [3.05, 3.63) is 18.2 Å². The van der Waals surface area contributed by atoms with E-state index < -0.39 is 0 Å². The molecule has 4 unspecified atom stereocenters. The van der Waals surface area contributed by atoms with Crippen LogP contribution in [0.2, 0.25) is 0 Å². The SMILES string of the molecule is CC1CCCC(c2cncn2CC2CCOC2C)N1. The van der Waals surface area contributed by atoms with E-state index in [1.165, 1.54) is 31.4 Å². The zero-order valence-corrected chi connectivity index (χ0v) is 12.0. The highest BCUT2D eigenvalue weighted by atomic mass is 16.5.